The van der Waals surface area contributed by atoms with Crippen LogP contribution in [0.1, 0.15) is 19.5 Å². The standard InChI is InChI=1S/C11H18N4/c1-8(2)15-5-10(6-15)14-11-4-9(3)12-7-13-11/h4,7-8,10H,5-6H2,1-3H3,(H,12,13,14). The van der Waals surface area contributed by atoms with Crippen molar-refractivity contribution in [1.29, 1.82) is 0 Å². The molecule has 2 heterocycles. The molecular weight excluding hydrogens is 188 g/mol. The monoisotopic (exact) mass is 206 g/mol. The molecule has 82 valence electrons. The second-order valence-corrected chi connectivity index (χ2v) is 4.43. The SMILES string of the molecule is Cc1cc(NC2CN(C(C)C)C2)ncn1. The summed E-state index contributed by atoms with van der Waals surface area (Å²) in [5.74, 6) is 0.941. The molecule has 1 aromatic heterocycles. The van der Waals surface area contributed by atoms with Gasteiger partial charge < -0.3 is 5.32 Å². The van der Waals surface area contributed by atoms with Gasteiger partial charge in [0.15, 0.2) is 0 Å². The fourth-order valence-corrected chi connectivity index (χ4v) is 1.77. The zero-order valence-corrected chi connectivity index (χ0v) is 9.57. The van der Waals surface area contributed by atoms with Crippen LogP contribution in [0.25, 0.3) is 0 Å². The summed E-state index contributed by atoms with van der Waals surface area (Å²) in [7, 11) is 0. The Hall–Kier alpha value is -1.16. The number of rotatable bonds is 3. The van der Waals surface area contributed by atoms with Gasteiger partial charge in [0.05, 0.1) is 6.04 Å². The molecule has 15 heavy (non-hydrogen) atoms. The van der Waals surface area contributed by atoms with Crippen molar-refractivity contribution in [2.75, 3.05) is 18.4 Å². The van der Waals surface area contributed by atoms with Crippen LogP contribution in [-0.2, 0) is 0 Å². The highest BCUT2D eigenvalue weighted by atomic mass is 15.3. The van der Waals surface area contributed by atoms with Crippen LogP contribution in [0.3, 0.4) is 0 Å². The summed E-state index contributed by atoms with van der Waals surface area (Å²) in [5.41, 5.74) is 1.01. The minimum absolute atomic E-state index is 0.543. The average Bonchev–Trinajstić information content (AvgIpc) is 2.10. The minimum atomic E-state index is 0.543. The van der Waals surface area contributed by atoms with E-state index in [2.05, 4.69) is 34.0 Å². The largest absolute Gasteiger partial charge is 0.365 e. The smallest absolute Gasteiger partial charge is 0.129 e. The molecule has 0 atom stereocenters. The minimum Gasteiger partial charge on any atom is -0.365 e. The molecule has 0 unspecified atom stereocenters. The highest BCUT2D eigenvalue weighted by molar-refractivity contribution is 5.36. The van der Waals surface area contributed by atoms with E-state index in [1.165, 1.54) is 0 Å². The van der Waals surface area contributed by atoms with Gasteiger partial charge >= 0.3 is 0 Å². The van der Waals surface area contributed by atoms with E-state index < -0.39 is 0 Å². The molecule has 4 heteroatoms. The molecule has 0 aromatic carbocycles. The molecule has 1 aliphatic rings. The third kappa shape index (κ3) is 2.45. The van der Waals surface area contributed by atoms with E-state index in [1.807, 2.05) is 13.0 Å². The van der Waals surface area contributed by atoms with Crippen LogP contribution >= 0.6 is 0 Å². The van der Waals surface area contributed by atoms with Gasteiger partial charge in [-0.3, -0.25) is 4.90 Å². The molecule has 0 spiro atoms. The summed E-state index contributed by atoms with van der Waals surface area (Å²) in [6, 6.07) is 3.18. The average molecular weight is 206 g/mol. The van der Waals surface area contributed by atoms with Crippen LogP contribution in [0.5, 0.6) is 0 Å². The lowest BCUT2D eigenvalue weighted by atomic mass is 10.1. The number of anilines is 1. The van der Waals surface area contributed by atoms with E-state index >= 15 is 0 Å². The molecule has 0 radical (unpaired) electrons. The Morgan fingerprint density at radius 3 is 2.73 bits per heavy atom. The maximum atomic E-state index is 4.19. The van der Waals surface area contributed by atoms with Crippen LogP contribution in [0.2, 0.25) is 0 Å². The predicted molar refractivity (Wildman–Crippen MR) is 60.9 cm³/mol. The van der Waals surface area contributed by atoms with E-state index in [1.54, 1.807) is 6.33 Å². The Morgan fingerprint density at radius 1 is 1.40 bits per heavy atom. The van der Waals surface area contributed by atoms with Gasteiger partial charge in [0, 0.05) is 30.9 Å². The van der Waals surface area contributed by atoms with Crippen molar-refractivity contribution in [2.45, 2.75) is 32.9 Å². The molecule has 0 aliphatic carbocycles. The fourth-order valence-electron chi connectivity index (χ4n) is 1.77. The summed E-state index contributed by atoms with van der Waals surface area (Å²) >= 11 is 0. The topological polar surface area (TPSA) is 41.0 Å². The van der Waals surface area contributed by atoms with E-state index in [-0.39, 0.29) is 0 Å². The van der Waals surface area contributed by atoms with Gasteiger partial charge in [0.2, 0.25) is 0 Å². The van der Waals surface area contributed by atoms with Crippen molar-refractivity contribution in [3.8, 4) is 0 Å². The molecule has 4 nitrogen and oxygen atoms in total. The first-order valence-electron chi connectivity index (χ1n) is 5.44. The van der Waals surface area contributed by atoms with Gasteiger partial charge in [-0.25, -0.2) is 9.97 Å². The Labute approximate surface area is 90.7 Å². The highest BCUT2D eigenvalue weighted by Gasteiger charge is 2.28. The van der Waals surface area contributed by atoms with Crippen LogP contribution in [-0.4, -0.2) is 40.0 Å². The van der Waals surface area contributed by atoms with Gasteiger partial charge in [0.1, 0.15) is 12.1 Å². The molecule has 0 bridgehead atoms. The molecule has 1 aromatic rings. The predicted octanol–water partition coefficient (Wildman–Crippen LogP) is 1.29. The molecule has 2 rings (SSSR count). The third-order valence-corrected chi connectivity index (χ3v) is 2.80. The lowest BCUT2D eigenvalue weighted by molar-refractivity contribution is 0.122. The summed E-state index contributed by atoms with van der Waals surface area (Å²) < 4.78 is 0. The van der Waals surface area contributed by atoms with Gasteiger partial charge in [-0.2, -0.15) is 0 Å². The van der Waals surface area contributed by atoms with Crippen LogP contribution < -0.4 is 5.32 Å². The van der Waals surface area contributed by atoms with E-state index in [0.29, 0.717) is 12.1 Å². The zero-order chi connectivity index (χ0) is 10.8. The maximum Gasteiger partial charge on any atom is 0.129 e. The first-order valence-corrected chi connectivity index (χ1v) is 5.44. The normalized spacial score (nSPS) is 17.9. The molecule has 1 N–H and O–H groups in total. The molecule has 0 saturated carbocycles. The Kier molecular flexibility index (Phi) is 2.86. The van der Waals surface area contributed by atoms with Crippen molar-refractivity contribution >= 4 is 5.82 Å². The molecule has 1 fully saturated rings. The van der Waals surface area contributed by atoms with E-state index in [0.717, 1.165) is 24.6 Å². The number of likely N-dealkylation sites (tertiary alicyclic amines) is 1. The molecule has 1 saturated heterocycles. The number of hydrogen-bond acceptors (Lipinski definition) is 4. The van der Waals surface area contributed by atoms with Gasteiger partial charge in [-0.15, -0.1) is 0 Å². The van der Waals surface area contributed by atoms with Gasteiger partial charge in [0.25, 0.3) is 0 Å². The van der Waals surface area contributed by atoms with Gasteiger partial charge in [-0.1, -0.05) is 0 Å². The number of nitrogens with zero attached hydrogens (tertiary/aromatic N) is 3. The first kappa shape index (κ1) is 10.4. The van der Waals surface area contributed by atoms with Crippen LogP contribution in [0, 0.1) is 6.92 Å². The highest BCUT2D eigenvalue weighted by Crippen LogP contribution is 2.15. The van der Waals surface area contributed by atoms with E-state index in [9.17, 15) is 0 Å². The number of nitrogens with one attached hydrogen (secondary N) is 1. The second kappa shape index (κ2) is 4.14. The summed E-state index contributed by atoms with van der Waals surface area (Å²) in [4.78, 5) is 10.7. The summed E-state index contributed by atoms with van der Waals surface area (Å²) in [5, 5.41) is 3.41. The van der Waals surface area contributed by atoms with Crippen molar-refractivity contribution in [2.24, 2.45) is 0 Å². The van der Waals surface area contributed by atoms with Crippen LogP contribution in [0.4, 0.5) is 5.82 Å². The van der Waals surface area contributed by atoms with Crippen LogP contribution in [0.15, 0.2) is 12.4 Å². The molecule has 1 aliphatic heterocycles. The van der Waals surface area contributed by atoms with E-state index in [4.69, 9.17) is 0 Å². The van der Waals surface area contributed by atoms with Gasteiger partial charge in [-0.05, 0) is 20.8 Å². The Morgan fingerprint density at radius 2 is 2.13 bits per heavy atom. The third-order valence-electron chi connectivity index (χ3n) is 2.80. The zero-order valence-electron chi connectivity index (χ0n) is 9.57. The van der Waals surface area contributed by atoms with Crippen molar-refractivity contribution in [3.63, 3.8) is 0 Å². The quantitative estimate of drug-likeness (QED) is 0.809. The number of hydrogen-bond donors (Lipinski definition) is 1. The van der Waals surface area contributed by atoms with Crippen molar-refractivity contribution in [1.82, 2.24) is 14.9 Å². The fraction of sp³-hybridized carbons (Fsp3) is 0.636. The first-order chi connectivity index (χ1) is 7.15. The van der Waals surface area contributed by atoms with Crippen molar-refractivity contribution in [3.05, 3.63) is 18.1 Å². The molecule has 0 amide bonds. The Balaban J connectivity index is 1.85. The number of aromatic nitrogens is 2. The Bertz CT molecular complexity index is 331. The number of aryl methyl sites for hydroxylation is 1. The second-order valence-electron chi connectivity index (χ2n) is 4.43. The maximum absolute atomic E-state index is 4.19. The lowest BCUT2D eigenvalue weighted by Crippen LogP contribution is -2.57. The summed E-state index contributed by atoms with van der Waals surface area (Å²) in [6.45, 7) is 8.66. The van der Waals surface area contributed by atoms with Crippen molar-refractivity contribution < 1.29 is 0 Å². The summed E-state index contributed by atoms with van der Waals surface area (Å²) in [6.07, 6.45) is 1.61. The molecular formula is C11H18N4. The lowest BCUT2D eigenvalue weighted by Gasteiger charge is -2.42.